The molecule has 0 aliphatic rings. The summed E-state index contributed by atoms with van der Waals surface area (Å²) in [4.78, 5) is 13.9. The second-order valence-electron chi connectivity index (χ2n) is 4.97. The Labute approximate surface area is 126 Å². The number of fused-ring (bicyclic) bond motifs is 1. The Hall–Kier alpha value is -2.20. The number of halogens is 1. The fourth-order valence-corrected chi connectivity index (χ4v) is 2.36. The Morgan fingerprint density at radius 1 is 1.19 bits per heavy atom. The fraction of sp³-hybridized carbons (Fsp3) is 0.188. The van der Waals surface area contributed by atoms with Crippen molar-refractivity contribution in [2.45, 2.75) is 13.5 Å². The zero-order valence-corrected chi connectivity index (χ0v) is 12.5. The number of hydrogen-bond acceptors (Lipinski definition) is 3. The molecule has 2 aromatic heterocycles. The van der Waals surface area contributed by atoms with E-state index in [2.05, 4.69) is 0 Å². The Bertz CT molecular complexity index is 803. The fourth-order valence-electron chi connectivity index (χ4n) is 2.18. The summed E-state index contributed by atoms with van der Waals surface area (Å²) in [5.74, 6) is 1.65. The first-order valence-electron chi connectivity index (χ1n) is 6.53. The summed E-state index contributed by atoms with van der Waals surface area (Å²) in [6.45, 7) is 2.26. The lowest BCUT2D eigenvalue weighted by molar-refractivity contribution is 0.0745. The van der Waals surface area contributed by atoms with Gasteiger partial charge in [0.1, 0.15) is 17.1 Å². The Morgan fingerprint density at radius 3 is 2.71 bits per heavy atom. The predicted octanol–water partition coefficient (Wildman–Crippen LogP) is 4.26. The first-order valence-corrected chi connectivity index (χ1v) is 6.90. The van der Waals surface area contributed by atoms with E-state index >= 15 is 0 Å². The minimum absolute atomic E-state index is 0.198. The molecule has 0 saturated carbocycles. The van der Waals surface area contributed by atoms with Crippen molar-refractivity contribution >= 4 is 28.5 Å². The number of benzene rings is 1. The smallest absolute Gasteiger partial charge is 0.289 e. The first kappa shape index (κ1) is 13.8. The van der Waals surface area contributed by atoms with Crippen molar-refractivity contribution in [1.82, 2.24) is 4.90 Å². The van der Waals surface area contributed by atoms with E-state index in [1.807, 2.05) is 19.1 Å². The molecule has 3 aromatic rings. The molecular weight excluding hydrogens is 290 g/mol. The maximum atomic E-state index is 12.4. The van der Waals surface area contributed by atoms with Gasteiger partial charge in [0.2, 0.25) is 0 Å². The van der Waals surface area contributed by atoms with Crippen LogP contribution >= 0.6 is 11.6 Å². The summed E-state index contributed by atoms with van der Waals surface area (Å²) < 4.78 is 11.0. The molecule has 3 rings (SSSR count). The third-order valence-corrected chi connectivity index (χ3v) is 3.46. The van der Waals surface area contributed by atoms with Crippen molar-refractivity contribution < 1.29 is 13.6 Å². The van der Waals surface area contributed by atoms with Crippen molar-refractivity contribution in [2.24, 2.45) is 0 Å². The van der Waals surface area contributed by atoms with Crippen molar-refractivity contribution in [2.75, 3.05) is 7.05 Å². The number of nitrogens with zero attached hydrogens (tertiary/aromatic N) is 1. The highest BCUT2D eigenvalue weighted by Crippen LogP contribution is 2.24. The molecule has 0 unspecified atom stereocenters. The zero-order chi connectivity index (χ0) is 15.0. The molecule has 1 aromatic carbocycles. The lowest BCUT2D eigenvalue weighted by atomic mass is 10.2. The Balaban J connectivity index is 1.82. The second kappa shape index (κ2) is 5.30. The lowest BCUT2D eigenvalue weighted by Gasteiger charge is -2.13. The van der Waals surface area contributed by atoms with Gasteiger partial charge in [-0.15, -0.1) is 0 Å². The molecular formula is C16H14ClNO3. The van der Waals surface area contributed by atoms with Crippen LogP contribution in [0.2, 0.25) is 5.02 Å². The van der Waals surface area contributed by atoms with E-state index in [9.17, 15) is 4.79 Å². The van der Waals surface area contributed by atoms with E-state index in [-0.39, 0.29) is 11.7 Å². The van der Waals surface area contributed by atoms with Crippen LogP contribution in [-0.4, -0.2) is 17.9 Å². The summed E-state index contributed by atoms with van der Waals surface area (Å²) in [6.07, 6.45) is 0. The van der Waals surface area contributed by atoms with Crippen LogP contribution in [0.1, 0.15) is 22.1 Å². The molecule has 0 spiro atoms. The molecule has 2 heterocycles. The van der Waals surface area contributed by atoms with E-state index in [0.717, 1.165) is 16.9 Å². The molecule has 1 amide bonds. The molecule has 0 saturated heterocycles. The Kier molecular flexibility index (Phi) is 3.47. The Morgan fingerprint density at radius 2 is 2.00 bits per heavy atom. The highest BCUT2D eigenvalue weighted by atomic mass is 35.5. The van der Waals surface area contributed by atoms with E-state index in [1.54, 1.807) is 36.2 Å². The van der Waals surface area contributed by atoms with E-state index in [0.29, 0.717) is 17.2 Å². The number of rotatable bonds is 3. The molecule has 0 fully saturated rings. The molecule has 0 bridgehead atoms. The van der Waals surface area contributed by atoms with Gasteiger partial charge in [-0.05, 0) is 43.3 Å². The van der Waals surface area contributed by atoms with Gasteiger partial charge in [-0.25, -0.2) is 0 Å². The van der Waals surface area contributed by atoms with Crippen molar-refractivity contribution in [3.63, 3.8) is 0 Å². The number of hydrogen-bond donors (Lipinski definition) is 0. The second-order valence-corrected chi connectivity index (χ2v) is 5.40. The van der Waals surface area contributed by atoms with Gasteiger partial charge in [0.05, 0.1) is 6.54 Å². The average Bonchev–Trinajstić information content (AvgIpc) is 3.03. The van der Waals surface area contributed by atoms with E-state index in [4.69, 9.17) is 20.4 Å². The SMILES string of the molecule is Cc1ccc(CN(C)C(=O)c2cc3cc(Cl)ccc3o2)o1. The van der Waals surface area contributed by atoms with Crippen LogP contribution in [0, 0.1) is 6.92 Å². The number of amides is 1. The van der Waals surface area contributed by atoms with Crippen molar-refractivity contribution in [1.29, 1.82) is 0 Å². The standard InChI is InChI=1S/C16H14ClNO3/c1-10-3-5-13(20-10)9-18(2)16(19)15-8-11-7-12(17)4-6-14(11)21-15/h3-8H,9H2,1-2H3. The monoisotopic (exact) mass is 303 g/mol. The lowest BCUT2D eigenvalue weighted by Crippen LogP contribution is -2.25. The maximum absolute atomic E-state index is 12.4. The maximum Gasteiger partial charge on any atom is 0.289 e. The summed E-state index contributed by atoms with van der Waals surface area (Å²) in [5, 5.41) is 1.43. The van der Waals surface area contributed by atoms with E-state index in [1.165, 1.54) is 0 Å². The molecule has 0 radical (unpaired) electrons. The molecule has 0 aliphatic carbocycles. The number of carbonyl (C=O) groups is 1. The summed E-state index contributed by atoms with van der Waals surface area (Å²) in [6, 6.07) is 10.7. The number of furan rings is 2. The van der Waals surface area contributed by atoms with Gasteiger partial charge in [-0.1, -0.05) is 11.6 Å². The first-order chi connectivity index (χ1) is 10.0. The van der Waals surface area contributed by atoms with Crippen LogP contribution in [0.4, 0.5) is 0 Å². The van der Waals surface area contributed by atoms with Crippen LogP contribution in [0.5, 0.6) is 0 Å². The quantitative estimate of drug-likeness (QED) is 0.726. The van der Waals surface area contributed by atoms with Gasteiger partial charge in [0, 0.05) is 17.5 Å². The molecule has 0 atom stereocenters. The number of carbonyl (C=O) groups excluding carboxylic acids is 1. The zero-order valence-electron chi connectivity index (χ0n) is 11.7. The van der Waals surface area contributed by atoms with Crippen LogP contribution < -0.4 is 0 Å². The molecule has 0 aliphatic heterocycles. The van der Waals surface area contributed by atoms with Crippen LogP contribution in [0.3, 0.4) is 0 Å². The molecule has 108 valence electrons. The molecule has 21 heavy (non-hydrogen) atoms. The van der Waals surface area contributed by atoms with Gasteiger partial charge >= 0.3 is 0 Å². The van der Waals surface area contributed by atoms with Gasteiger partial charge in [0.25, 0.3) is 5.91 Å². The predicted molar refractivity (Wildman–Crippen MR) is 80.5 cm³/mol. The summed E-state index contributed by atoms with van der Waals surface area (Å²) in [5.41, 5.74) is 0.644. The van der Waals surface area contributed by atoms with Crippen LogP contribution in [0.15, 0.2) is 45.2 Å². The van der Waals surface area contributed by atoms with Gasteiger partial charge in [0.15, 0.2) is 5.76 Å². The topological polar surface area (TPSA) is 46.6 Å². The van der Waals surface area contributed by atoms with Crippen molar-refractivity contribution in [3.8, 4) is 0 Å². The minimum Gasteiger partial charge on any atom is -0.464 e. The third-order valence-electron chi connectivity index (χ3n) is 3.22. The minimum atomic E-state index is -0.198. The highest BCUT2D eigenvalue weighted by molar-refractivity contribution is 6.31. The summed E-state index contributed by atoms with van der Waals surface area (Å²) in [7, 11) is 1.71. The molecule has 4 nitrogen and oxygen atoms in total. The van der Waals surface area contributed by atoms with Crippen molar-refractivity contribution in [3.05, 3.63) is 58.7 Å². The van der Waals surface area contributed by atoms with Gasteiger partial charge in [-0.2, -0.15) is 0 Å². The van der Waals surface area contributed by atoms with Crippen LogP contribution in [0.25, 0.3) is 11.0 Å². The molecule has 5 heteroatoms. The van der Waals surface area contributed by atoms with Gasteiger partial charge in [-0.3, -0.25) is 4.79 Å². The third kappa shape index (κ3) is 2.81. The highest BCUT2D eigenvalue weighted by Gasteiger charge is 2.18. The van der Waals surface area contributed by atoms with Crippen LogP contribution in [-0.2, 0) is 6.54 Å². The average molecular weight is 304 g/mol. The van der Waals surface area contributed by atoms with E-state index < -0.39 is 0 Å². The normalized spacial score (nSPS) is 11.0. The van der Waals surface area contributed by atoms with Gasteiger partial charge < -0.3 is 13.7 Å². The summed E-state index contributed by atoms with van der Waals surface area (Å²) >= 11 is 5.93. The molecule has 0 N–H and O–H groups in total. The largest absolute Gasteiger partial charge is 0.464 e. The number of aryl methyl sites for hydroxylation is 1.